The van der Waals surface area contributed by atoms with Gasteiger partial charge in [0.05, 0.1) is 0 Å². The summed E-state index contributed by atoms with van der Waals surface area (Å²) in [6, 6.07) is 6.03. The standard InChI is InChI=1S/C15H24N4.HI/c1-15(2)8-11-19(12-15)14(16-3)18-10-7-13-6-4-5-9-17-13;/h4-6,9H,7-8,10-12H2,1-3H3,(H,16,18);1H. The highest BCUT2D eigenvalue weighted by Gasteiger charge is 2.30. The first-order chi connectivity index (χ1) is 9.11. The summed E-state index contributed by atoms with van der Waals surface area (Å²) in [5.74, 6) is 1.02. The highest BCUT2D eigenvalue weighted by atomic mass is 127. The van der Waals surface area contributed by atoms with Crippen LogP contribution in [0.3, 0.4) is 0 Å². The number of pyridine rings is 1. The summed E-state index contributed by atoms with van der Waals surface area (Å²) in [4.78, 5) is 11.1. The Bertz CT molecular complexity index is 431. The van der Waals surface area contributed by atoms with Gasteiger partial charge in [-0.05, 0) is 24.0 Å². The molecule has 1 aliphatic heterocycles. The summed E-state index contributed by atoms with van der Waals surface area (Å²) in [7, 11) is 1.86. The molecule has 0 atom stereocenters. The third kappa shape index (κ3) is 4.92. The van der Waals surface area contributed by atoms with Crippen LogP contribution in [0, 0.1) is 5.41 Å². The maximum atomic E-state index is 4.38. The maximum absolute atomic E-state index is 4.38. The summed E-state index contributed by atoms with van der Waals surface area (Å²) in [5.41, 5.74) is 1.52. The van der Waals surface area contributed by atoms with Gasteiger partial charge in [-0.15, -0.1) is 24.0 Å². The minimum atomic E-state index is 0. The van der Waals surface area contributed by atoms with Gasteiger partial charge in [0.1, 0.15) is 0 Å². The second kappa shape index (κ2) is 7.81. The molecule has 0 amide bonds. The van der Waals surface area contributed by atoms with E-state index in [1.54, 1.807) is 0 Å². The second-order valence-electron chi connectivity index (χ2n) is 5.88. The lowest BCUT2D eigenvalue weighted by Crippen LogP contribution is -2.41. The lowest BCUT2D eigenvalue weighted by molar-refractivity contribution is 0.370. The number of halogens is 1. The van der Waals surface area contributed by atoms with E-state index >= 15 is 0 Å². The molecule has 112 valence electrons. The lowest BCUT2D eigenvalue weighted by Gasteiger charge is -2.23. The first kappa shape index (κ1) is 17.2. The molecule has 0 spiro atoms. The van der Waals surface area contributed by atoms with Gasteiger partial charge < -0.3 is 10.2 Å². The van der Waals surface area contributed by atoms with Gasteiger partial charge in [0.15, 0.2) is 5.96 Å². The summed E-state index contributed by atoms with van der Waals surface area (Å²) in [6.45, 7) is 7.68. The van der Waals surface area contributed by atoms with Crippen LogP contribution in [0.4, 0.5) is 0 Å². The number of nitrogens with one attached hydrogen (secondary N) is 1. The monoisotopic (exact) mass is 388 g/mol. The fourth-order valence-electron chi connectivity index (χ4n) is 2.47. The average molecular weight is 388 g/mol. The van der Waals surface area contributed by atoms with E-state index in [-0.39, 0.29) is 24.0 Å². The van der Waals surface area contributed by atoms with E-state index in [4.69, 9.17) is 0 Å². The van der Waals surface area contributed by atoms with Crippen molar-refractivity contribution in [2.24, 2.45) is 10.4 Å². The van der Waals surface area contributed by atoms with Crippen LogP contribution in [0.25, 0.3) is 0 Å². The highest BCUT2D eigenvalue weighted by Crippen LogP contribution is 2.28. The van der Waals surface area contributed by atoms with E-state index < -0.39 is 0 Å². The fourth-order valence-corrected chi connectivity index (χ4v) is 2.47. The number of likely N-dealkylation sites (tertiary alicyclic amines) is 1. The molecule has 4 nitrogen and oxygen atoms in total. The van der Waals surface area contributed by atoms with Crippen molar-refractivity contribution in [3.63, 3.8) is 0 Å². The molecule has 1 aliphatic rings. The summed E-state index contributed by atoms with van der Waals surface area (Å²) in [6.07, 6.45) is 4.00. The first-order valence-corrected chi connectivity index (χ1v) is 6.96. The Balaban J connectivity index is 0.00000200. The second-order valence-corrected chi connectivity index (χ2v) is 5.88. The number of hydrogen-bond donors (Lipinski definition) is 1. The molecule has 1 saturated heterocycles. The third-order valence-corrected chi connectivity index (χ3v) is 3.58. The quantitative estimate of drug-likeness (QED) is 0.492. The Morgan fingerprint density at radius 2 is 2.25 bits per heavy atom. The van der Waals surface area contributed by atoms with Gasteiger partial charge in [-0.1, -0.05) is 19.9 Å². The van der Waals surface area contributed by atoms with Crippen LogP contribution in [0.2, 0.25) is 0 Å². The van der Waals surface area contributed by atoms with E-state index in [0.717, 1.165) is 37.7 Å². The van der Waals surface area contributed by atoms with Crippen molar-refractivity contribution in [3.8, 4) is 0 Å². The minimum absolute atomic E-state index is 0. The van der Waals surface area contributed by atoms with Crippen molar-refractivity contribution < 1.29 is 0 Å². The summed E-state index contributed by atoms with van der Waals surface area (Å²) >= 11 is 0. The van der Waals surface area contributed by atoms with Crippen LogP contribution in [0.15, 0.2) is 29.4 Å². The predicted octanol–water partition coefficient (Wildman–Crippen LogP) is 2.55. The van der Waals surface area contributed by atoms with E-state index in [2.05, 4.69) is 40.1 Å². The minimum Gasteiger partial charge on any atom is -0.356 e. The molecule has 2 rings (SSSR count). The molecular formula is C15H25IN4. The Kier molecular flexibility index (Phi) is 6.71. The van der Waals surface area contributed by atoms with Crippen LogP contribution in [0.1, 0.15) is 26.0 Å². The van der Waals surface area contributed by atoms with Crippen LogP contribution >= 0.6 is 24.0 Å². The maximum Gasteiger partial charge on any atom is 0.193 e. The zero-order valence-electron chi connectivity index (χ0n) is 12.6. The van der Waals surface area contributed by atoms with Crippen LogP contribution < -0.4 is 5.32 Å². The fraction of sp³-hybridized carbons (Fsp3) is 0.600. The average Bonchev–Trinajstić information content (AvgIpc) is 2.76. The molecule has 2 heterocycles. The topological polar surface area (TPSA) is 40.5 Å². The van der Waals surface area contributed by atoms with E-state index in [0.29, 0.717) is 5.41 Å². The summed E-state index contributed by atoms with van der Waals surface area (Å²) in [5, 5.41) is 3.43. The van der Waals surface area contributed by atoms with Crippen LogP contribution in [0.5, 0.6) is 0 Å². The first-order valence-electron chi connectivity index (χ1n) is 6.96. The van der Waals surface area contributed by atoms with Crippen LogP contribution in [-0.4, -0.2) is 42.5 Å². The molecule has 0 unspecified atom stereocenters. The zero-order valence-corrected chi connectivity index (χ0v) is 14.9. The van der Waals surface area contributed by atoms with E-state index in [1.807, 2.05) is 25.4 Å². The number of aliphatic imine (C=N–C) groups is 1. The molecule has 1 fully saturated rings. The molecule has 0 bridgehead atoms. The van der Waals surface area contributed by atoms with Gasteiger partial charge in [-0.25, -0.2) is 0 Å². The van der Waals surface area contributed by atoms with Crippen molar-refractivity contribution in [2.75, 3.05) is 26.7 Å². The van der Waals surface area contributed by atoms with E-state index in [9.17, 15) is 0 Å². The SMILES string of the molecule is CN=C(NCCc1ccccn1)N1CCC(C)(C)C1.I. The third-order valence-electron chi connectivity index (χ3n) is 3.58. The lowest BCUT2D eigenvalue weighted by atomic mass is 9.93. The highest BCUT2D eigenvalue weighted by molar-refractivity contribution is 14.0. The number of aromatic nitrogens is 1. The number of nitrogens with zero attached hydrogens (tertiary/aromatic N) is 3. The van der Waals surface area contributed by atoms with Crippen molar-refractivity contribution >= 4 is 29.9 Å². The number of rotatable bonds is 3. The van der Waals surface area contributed by atoms with Crippen molar-refractivity contribution in [1.29, 1.82) is 0 Å². The molecule has 1 N–H and O–H groups in total. The summed E-state index contributed by atoms with van der Waals surface area (Å²) < 4.78 is 0. The largest absolute Gasteiger partial charge is 0.356 e. The van der Waals surface area contributed by atoms with Gasteiger partial charge in [-0.2, -0.15) is 0 Å². The Morgan fingerprint density at radius 3 is 2.80 bits per heavy atom. The molecule has 1 aromatic heterocycles. The molecular weight excluding hydrogens is 363 g/mol. The smallest absolute Gasteiger partial charge is 0.193 e. The van der Waals surface area contributed by atoms with Gasteiger partial charge in [0, 0.05) is 45.0 Å². The van der Waals surface area contributed by atoms with Gasteiger partial charge in [0.2, 0.25) is 0 Å². The van der Waals surface area contributed by atoms with Gasteiger partial charge in [-0.3, -0.25) is 9.98 Å². The Morgan fingerprint density at radius 1 is 1.45 bits per heavy atom. The van der Waals surface area contributed by atoms with Crippen molar-refractivity contribution in [3.05, 3.63) is 30.1 Å². The molecule has 20 heavy (non-hydrogen) atoms. The Hall–Kier alpha value is -0.850. The van der Waals surface area contributed by atoms with Crippen molar-refractivity contribution in [2.45, 2.75) is 26.7 Å². The molecule has 1 aromatic rings. The Labute approximate surface area is 139 Å². The van der Waals surface area contributed by atoms with Gasteiger partial charge in [0.25, 0.3) is 0 Å². The van der Waals surface area contributed by atoms with Gasteiger partial charge >= 0.3 is 0 Å². The predicted molar refractivity (Wildman–Crippen MR) is 94.7 cm³/mol. The molecule has 5 heteroatoms. The molecule has 0 aromatic carbocycles. The number of hydrogen-bond acceptors (Lipinski definition) is 2. The van der Waals surface area contributed by atoms with Crippen molar-refractivity contribution in [1.82, 2.24) is 15.2 Å². The molecule has 0 radical (unpaired) electrons. The van der Waals surface area contributed by atoms with E-state index in [1.165, 1.54) is 6.42 Å². The molecule has 0 saturated carbocycles. The van der Waals surface area contributed by atoms with Crippen LogP contribution in [-0.2, 0) is 6.42 Å². The normalized spacial score (nSPS) is 17.8. The number of guanidine groups is 1. The molecule has 0 aliphatic carbocycles. The zero-order chi connectivity index (χ0) is 13.7.